The molecule has 2 heteroatoms. The van der Waals surface area contributed by atoms with Crippen LogP contribution in [-0.4, -0.2) is 24.2 Å². The molecule has 1 saturated heterocycles. The fraction of sp³-hybridized carbons (Fsp3) is 1.00. The van der Waals surface area contributed by atoms with E-state index in [0.29, 0.717) is 11.1 Å². The molecular formula is C10H20N2. The second-order valence-electron chi connectivity index (χ2n) is 5.08. The Bertz CT molecular complexity index is 157. The van der Waals surface area contributed by atoms with Crippen molar-refractivity contribution in [3.05, 3.63) is 0 Å². The number of hydrogen-bond acceptors (Lipinski definition) is 2. The summed E-state index contributed by atoms with van der Waals surface area (Å²) in [5.41, 5.74) is 0.767. The topological polar surface area (TPSA) is 24.1 Å². The Hall–Kier alpha value is -0.0800. The summed E-state index contributed by atoms with van der Waals surface area (Å²) in [6.45, 7) is 6.82. The van der Waals surface area contributed by atoms with Gasteiger partial charge in [0.1, 0.15) is 0 Å². The van der Waals surface area contributed by atoms with Gasteiger partial charge in [0.05, 0.1) is 0 Å². The highest BCUT2D eigenvalue weighted by molar-refractivity contribution is 5.02. The van der Waals surface area contributed by atoms with Gasteiger partial charge in [-0.15, -0.1) is 0 Å². The maximum Gasteiger partial charge on any atom is 0.0307 e. The molecule has 0 bridgehead atoms. The van der Waals surface area contributed by atoms with Crippen LogP contribution in [0.5, 0.6) is 0 Å². The monoisotopic (exact) mass is 168 g/mol. The van der Waals surface area contributed by atoms with E-state index < -0.39 is 0 Å². The van der Waals surface area contributed by atoms with Gasteiger partial charge < -0.3 is 10.6 Å². The Morgan fingerprint density at radius 3 is 2.08 bits per heavy atom. The smallest absolute Gasteiger partial charge is 0.0307 e. The third kappa shape index (κ3) is 1.50. The maximum absolute atomic E-state index is 3.72. The van der Waals surface area contributed by atoms with Crippen LogP contribution < -0.4 is 10.6 Å². The highest BCUT2D eigenvalue weighted by Crippen LogP contribution is 2.31. The number of rotatable bonds is 0. The first kappa shape index (κ1) is 8.52. The Morgan fingerprint density at radius 1 is 0.917 bits per heavy atom. The molecule has 1 aliphatic heterocycles. The van der Waals surface area contributed by atoms with Crippen molar-refractivity contribution >= 4 is 0 Å². The molecule has 12 heavy (non-hydrogen) atoms. The van der Waals surface area contributed by atoms with Crippen molar-refractivity contribution < 1.29 is 0 Å². The van der Waals surface area contributed by atoms with Crippen molar-refractivity contribution in [2.24, 2.45) is 0 Å². The highest BCUT2D eigenvalue weighted by atomic mass is 15.2. The van der Waals surface area contributed by atoms with Gasteiger partial charge in [0.25, 0.3) is 0 Å². The van der Waals surface area contributed by atoms with Crippen molar-refractivity contribution in [2.45, 2.75) is 50.6 Å². The molecule has 1 aliphatic carbocycles. The minimum atomic E-state index is 0.299. The molecule has 2 nitrogen and oxygen atoms in total. The lowest BCUT2D eigenvalue weighted by atomic mass is 9.90. The number of hydrogen-bond donors (Lipinski definition) is 2. The SMILES string of the molecule is CC1(C)CNC2(CCCC2)CN1. The lowest BCUT2D eigenvalue weighted by molar-refractivity contribution is 0.193. The first-order valence-electron chi connectivity index (χ1n) is 5.12. The second-order valence-corrected chi connectivity index (χ2v) is 5.08. The van der Waals surface area contributed by atoms with Crippen molar-refractivity contribution in [3.63, 3.8) is 0 Å². The first-order valence-corrected chi connectivity index (χ1v) is 5.12. The molecule has 2 fully saturated rings. The molecule has 70 valence electrons. The zero-order chi connectivity index (χ0) is 8.66. The van der Waals surface area contributed by atoms with Crippen LogP contribution in [0.15, 0.2) is 0 Å². The molecule has 0 radical (unpaired) electrons. The van der Waals surface area contributed by atoms with Crippen molar-refractivity contribution in [2.75, 3.05) is 13.1 Å². The summed E-state index contributed by atoms with van der Waals surface area (Å²) in [7, 11) is 0. The van der Waals surface area contributed by atoms with E-state index >= 15 is 0 Å². The van der Waals surface area contributed by atoms with Crippen molar-refractivity contribution in [1.82, 2.24) is 10.6 Å². The molecule has 1 saturated carbocycles. The normalized spacial score (nSPS) is 32.5. The molecule has 0 atom stereocenters. The van der Waals surface area contributed by atoms with E-state index in [-0.39, 0.29) is 0 Å². The second kappa shape index (κ2) is 2.71. The molecule has 0 amide bonds. The summed E-state index contributed by atoms with van der Waals surface area (Å²) in [5.74, 6) is 0. The molecule has 1 heterocycles. The van der Waals surface area contributed by atoms with E-state index in [9.17, 15) is 0 Å². The predicted octanol–water partition coefficient (Wildman–Crippen LogP) is 1.27. The van der Waals surface area contributed by atoms with Crippen LogP contribution in [0, 0.1) is 0 Å². The molecule has 2 N–H and O–H groups in total. The van der Waals surface area contributed by atoms with Crippen molar-refractivity contribution in [1.29, 1.82) is 0 Å². The lowest BCUT2D eigenvalue weighted by Gasteiger charge is -2.43. The van der Waals surface area contributed by atoms with Gasteiger partial charge in [-0.2, -0.15) is 0 Å². The van der Waals surface area contributed by atoms with Crippen LogP contribution in [0.2, 0.25) is 0 Å². The molecule has 2 rings (SSSR count). The van der Waals surface area contributed by atoms with Crippen molar-refractivity contribution in [3.8, 4) is 0 Å². The van der Waals surface area contributed by atoms with Crippen LogP contribution in [0.3, 0.4) is 0 Å². The molecular weight excluding hydrogens is 148 g/mol. The summed E-state index contributed by atoms with van der Waals surface area (Å²) in [5, 5.41) is 7.35. The first-order chi connectivity index (χ1) is 5.62. The predicted molar refractivity (Wildman–Crippen MR) is 51.3 cm³/mol. The summed E-state index contributed by atoms with van der Waals surface area (Å²) >= 11 is 0. The molecule has 0 aromatic rings. The standard InChI is InChI=1S/C10H20N2/c1-9(2)7-12-10(8-11-9)5-3-4-6-10/h11-12H,3-8H2,1-2H3. The highest BCUT2D eigenvalue weighted by Gasteiger charge is 2.39. The van der Waals surface area contributed by atoms with Gasteiger partial charge in [0.15, 0.2) is 0 Å². The molecule has 0 aromatic carbocycles. The molecule has 0 aromatic heterocycles. The average molecular weight is 168 g/mol. The Labute approximate surface area is 75.1 Å². The zero-order valence-electron chi connectivity index (χ0n) is 8.24. The Morgan fingerprint density at radius 2 is 1.58 bits per heavy atom. The average Bonchev–Trinajstić information content (AvgIpc) is 2.46. The number of piperazine rings is 1. The van der Waals surface area contributed by atoms with Gasteiger partial charge in [-0.1, -0.05) is 12.8 Å². The van der Waals surface area contributed by atoms with Gasteiger partial charge in [0, 0.05) is 24.2 Å². The van der Waals surface area contributed by atoms with E-state index in [2.05, 4.69) is 24.5 Å². The third-order valence-corrected chi connectivity index (χ3v) is 3.37. The van der Waals surface area contributed by atoms with E-state index in [1.165, 1.54) is 32.2 Å². The van der Waals surface area contributed by atoms with Crippen LogP contribution >= 0.6 is 0 Å². The maximum atomic E-state index is 3.72. The minimum absolute atomic E-state index is 0.299. The fourth-order valence-corrected chi connectivity index (χ4v) is 2.35. The quantitative estimate of drug-likeness (QED) is 0.569. The van der Waals surface area contributed by atoms with Gasteiger partial charge in [-0.05, 0) is 26.7 Å². The molecule has 0 unspecified atom stereocenters. The summed E-state index contributed by atoms with van der Waals surface area (Å²) < 4.78 is 0. The van der Waals surface area contributed by atoms with E-state index in [0.717, 1.165) is 6.54 Å². The summed E-state index contributed by atoms with van der Waals surface area (Å²) in [6, 6.07) is 0. The van der Waals surface area contributed by atoms with Crippen LogP contribution in [0.1, 0.15) is 39.5 Å². The van der Waals surface area contributed by atoms with Gasteiger partial charge >= 0.3 is 0 Å². The number of nitrogens with one attached hydrogen (secondary N) is 2. The van der Waals surface area contributed by atoms with Crippen LogP contribution in [0.4, 0.5) is 0 Å². The minimum Gasteiger partial charge on any atom is -0.309 e. The van der Waals surface area contributed by atoms with E-state index in [1.54, 1.807) is 0 Å². The molecule has 2 aliphatic rings. The largest absolute Gasteiger partial charge is 0.309 e. The zero-order valence-corrected chi connectivity index (χ0v) is 8.24. The Kier molecular flexibility index (Phi) is 1.92. The van der Waals surface area contributed by atoms with Gasteiger partial charge in [0.2, 0.25) is 0 Å². The van der Waals surface area contributed by atoms with Crippen LogP contribution in [-0.2, 0) is 0 Å². The van der Waals surface area contributed by atoms with Gasteiger partial charge in [-0.25, -0.2) is 0 Å². The van der Waals surface area contributed by atoms with E-state index in [1.807, 2.05) is 0 Å². The van der Waals surface area contributed by atoms with Gasteiger partial charge in [-0.3, -0.25) is 0 Å². The fourth-order valence-electron chi connectivity index (χ4n) is 2.35. The Balaban J connectivity index is 1.97. The van der Waals surface area contributed by atoms with E-state index in [4.69, 9.17) is 0 Å². The lowest BCUT2D eigenvalue weighted by Crippen LogP contribution is -2.65. The summed E-state index contributed by atoms with van der Waals surface area (Å²) in [4.78, 5) is 0. The third-order valence-electron chi connectivity index (χ3n) is 3.37. The van der Waals surface area contributed by atoms with Crippen LogP contribution in [0.25, 0.3) is 0 Å². The summed E-state index contributed by atoms with van der Waals surface area (Å²) in [6.07, 6.45) is 5.57. The molecule has 1 spiro atoms.